The van der Waals surface area contributed by atoms with Crippen molar-refractivity contribution in [3.63, 3.8) is 0 Å². The number of halogens is 3. The number of carbonyl (C=O) groups is 3. The second-order valence-corrected chi connectivity index (χ2v) is 8.78. The van der Waals surface area contributed by atoms with Crippen LogP contribution in [0.1, 0.15) is 35.3 Å². The third kappa shape index (κ3) is 6.13. The highest BCUT2D eigenvalue weighted by molar-refractivity contribution is 6.31. The van der Waals surface area contributed by atoms with E-state index in [1.165, 1.54) is 18.2 Å². The lowest BCUT2D eigenvalue weighted by Gasteiger charge is -2.15. The van der Waals surface area contributed by atoms with E-state index in [2.05, 4.69) is 10.3 Å². The van der Waals surface area contributed by atoms with Crippen molar-refractivity contribution >= 4 is 29.3 Å². The van der Waals surface area contributed by atoms with Gasteiger partial charge in [-0.05, 0) is 36.8 Å². The molecule has 2 N–H and O–H groups in total. The van der Waals surface area contributed by atoms with Crippen LogP contribution in [0, 0.1) is 18.6 Å². The van der Waals surface area contributed by atoms with Crippen LogP contribution in [0.3, 0.4) is 0 Å². The summed E-state index contributed by atoms with van der Waals surface area (Å²) in [6, 6.07) is 6.33. The number of carbonyl (C=O) groups excluding carboxylic acids is 3. The highest BCUT2D eigenvalue weighted by atomic mass is 35.5. The molecule has 3 aromatic rings. The smallest absolute Gasteiger partial charge is 0.280 e. The van der Waals surface area contributed by atoms with Crippen molar-refractivity contribution in [3.05, 3.63) is 86.4 Å². The van der Waals surface area contributed by atoms with E-state index in [0.29, 0.717) is 11.6 Å². The van der Waals surface area contributed by atoms with Crippen LogP contribution in [-0.4, -0.2) is 56.5 Å². The average Bonchev–Trinajstić information content (AvgIpc) is 3.14. The Bertz CT molecular complexity index is 1500. The van der Waals surface area contributed by atoms with E-state index in [4.69, 9.17) is 21.4 Å². The summed E-state index contributed by atoms with van der Waals surface area (Å²) in [7, 11) is 0. The molecule has 39 heavy (non-hydrogen) atoms. The second kappa shape index (κ2) is 12.1. The van der Waals surface area contributed by atoms with E-state index in [0.717, 1.165) is 21.9 Å². The van der Waals surface area contributed by atoms with Gasteiger partial charge in [-0.1, -0.05) is 25.1 Å². The summed E-state index contributed by atoms with van der Waals surface area (Å²) in [5, 5.41) is 11.1. The fraction of sp³-hybridized carbons (Fsp3) is 0.269. The Kier molecular flexibility index (Phi) is 9.15. The number of likely N-dealkylation sites (tertiary alicyclic amines) is 1. The van der Waals surface area contributed by atoms with Gasteiger partial charge in [-0.25, -0.2) is 13.8 Å². The molecule has 1 aliphatic heterocycles. The monoisotopic (exact) mass is 562 g/mol. The predicted molar refractivity (Wildman–Crippen MR) is 137 cm³/mol. The number of aliphatic hydroxyl groups excluding tert-OH is 1. The molecule has 0 unspecified atom stereocenters. The molecule has 2 aromatic carbocycles. The molecule has 0 radical (unpaired) electrons. The maximum Gasteiger partial charge on any atom is 0.280 e. The number of amides is 3. The van der Waals surface area contributed by atoms with Crippen LogP contribution in [0.15, 0.2) is 47.5 Å². The van der Waals surface area contributed by atoms with Gasteiger partial charge in [0.15, 0.2) is 5.02 Å². The van der Waals surface area contributed by atoms with Crippen molar-refractivity contribution in [2.75, 3.05) is 13.2 Å². The molecular weight excluding hydrogens is 538 g/mol. The molecule has 0 spiro atoms. The van der Waals surface area contributed by atoms with Crippen molar-refractivity contribution < 1.29 is 33.0 Å². The molecule has 2 heterocycles. The summed E-state index contributed by atoms with van der Waals surface area (Å²) in [5.74, 6) is -3.62. The normalized spacial score (nSPS) is 14.8. The molecule has 1 atom stereocenters. The highest BCUT2D eigenvalue weighted by Gasteiger charge is 2.39. The summed E-state index contributed by atoms with van der Waals surface area (Å²) in [6.07, 6.45) is 0.895. The van der Waals surface area contributed by atoms with Crippen LogP contribution in [-0.2, 0) is 16.2 Å². The van der Waals surface area contributed by atoms with Crippen LogP contribution >= 0.6 is 11.6 Å². The first-order valence-corrected chi connectivity index (χ1v) is 11.7. The molecule has 1 saturated heterocycles. The topological polar surface area (TPSA) is 131 Å². The number of hydrogen-bond donors (Lipinski definition) is 2. The van der Waals surface area contributed by atoms with Crippen molar-refractivity contribution in [3.8, 4) is 11.6 Å². The van der Waals surface area contributed by atoms with Gasteiger partial charge in [0.25, 0.3) is 17.4 Å². The number of imide groups is 1. The summed E-state index contributed by atoms with van der Waals surface area (Å²) >= 11 is 6.17. The van der Waals surface area contributed by atoms with Gasteiger partial charge in [0.1, 0.15) is 30.6 Å². The van der Waals surface area contributed by atoms with E-state index in [-0.39, 0.29) is 49.7 Å². The van der Waals surface area contributed by atoms with Crippen LogP contribution in [0.2, 0.25) is 5.02 Å². The minimum Gasteiger partial charge on any atom is -0.471 e. The second-order valence-electron chi connectivity index (χ2n) is 8.40. The van der Waals surface area contributed by atoms with E-state index >= 15 is 0 Å². The van der Waals surface area contributed by atoms with E-state index < -0.39 is 52.6 Å². The zero-order chi connectivity index (χ0) is 27.6. The van der Waals surface area contributed by atoms with Gasteiger partial charge in [0.05, 0.1) is 25.3 Å². The molecule has 206 valence electrons. The van der Waals surface area contributed by atoms with Crippen LogP contribution in [0.25, 0.3) is 5.69 Å². The molecule has 0 aliphatic carbocycles. The number of hydrogen-bond acceptors (Lipinski definition) is 7. The van der Waals surface area contributed by atoms with Gasteiger partial charge in [0, 0.05) is 17.2 Å². The first kappa shape index (κ1) is 29.4. The third-order valence-corrected chi connectivity index (χ3v) is 6.19. The predicted octanol–water partition coefficient (Wildman–Crippen LogP) is 2.54. The number of β-amino-alcohol motifs (C(OH)–C–C–N with tert-alkyl or cyclic N) is 1. The Balaban J connectivity index is 0.00000420. The van der Waals surface area contributed by atoms with Crippen LogP contribution in [0.5, 0.6) is 5.88 Å². The van der Waals surface area contributed by atoms with Crippen LogP contribution < -0.4 is 15.6 Å². The van der Waals surface area contributed by atoms with Crippen LogP contribution in [0.4, 0.5) is 8.78 Å². The molecule has 4 rings (SSSR count). The lowest BCUT2D eigenvalue weighted by atomic mass is 10.1. The van der Waals surface area contributed by atoms with Crippen molar-refractivity contribution in [1.82, 2.24) is 19.8 Å². The number of nitrogens with zero attached hydrogens (tertiary/aromatic N) is 3. The average molecular weight is 563 g/mol. The van der Waals surface area contributed by atoms with E-state index in [1.807, 2.05) is 0 Å². The Labute approximate surface area is 226 Å². The van der Waals surface area contributed by atoms with Gasteiger partial charge < -0.3 is 15.2 Å². The number of benzene rings is 2. The fourth-order valence-electron chi connectivity index (χ4n) is 3.86. The number of aliphatic hydroxyl groups is 1. The minimum atomic E-state index is -1.08. The third-order valence-electron chi connectivity index (χ3n) is 5.87. The molecular formula is C26H25ClF2N4O6. The maximum absolute atomic E-state index is 13.9. The number of aromatic nitrogens is 2. The van der Waals surface area contributed by atoms with Gasteiger partial charge in [-0.15, -0.1) is 0 Å². The minimum absolute atomic E-state index is 0. The Morgan fingerprint density at radius 3 is 2.64 bits per heavy atom. The molecule has 1 fully saturated rings. The molecule has 1 aromatic heterocycles. The number of nitrogens with one attached hydrogen (secondary N) is 1. The lowest BCUT2D eigenvalue weighted by molar-refractivity contribution is -0.139. The summed E-state index contributed by atoms with van der Waals surface area (Å²) < 4.78 is 33.4. The lowest BCUT2D eigenvalue weighted by Crippen LogP contribution is -2.42. The highest BCUT2D eigenvalue weighted by Crippen LogP contribution is 2.22. The van der Waals surface area contributed by atoms with Gasteiger partial charge >= 0.3 is 0 Å². The molecule has 10 nitrogen and oxygen atoms in total. The van der Waals surface area contributed by atoms with Crippen molar-refractivity contribution in [2.24, 2.45) is 0 Å². The standard InChI is InChI=1S/C25H21ClF2N4O6.CH4/c1-13-2-3-14(22(35)30-18-10-20(34)31(6-7-33)24(18)36)8-19(13)32-12-29-23(21(26)25(32)37)38-11-15-4-5-16(27)9-17(15)28;/h2-5,8-9,12,18,33H,6-7,10-11H2,1H3,(H,30,35);1H4/t18-;/m0./s1. The van der Waals surface area contributed by atoms with Crippen molar-refractivity contribution in [2.45, 2.75) is 33.4 Å². The molecule has 0 saturated carbocycles. The first-order chi connectivity index (χ1) is 18.1. The van der Waals surface area contributed by atoms with Gasteiger partial charge in [-0.3, -0.25) is 28.6 Å². The molecule has 0 bridgehead atoms. The zero-order valence-electron chi connectivity index (χ0n) is 19.9. The number of rotatable bonds is 8. The van der Waals surface area contributed by atoms with Crippen molar-refractivity contribution in [1.29, 1.82) is 0 Å². The maximum atomic E-state index is 13.9. The zero-order valence-corrected chi connectivity index (χ0v) is 20.7. The van der Waals surface area contributed by atoms with Gasteiger partial charge in [0.2, 0.25) is 11.8 Å². The quantitative estimate of drug-likeness (QED) is 0.403. The van der Waals surface area contributed by atoms with E-state index in [1.54, 1.807) is 13.0 Å². The number of aryl methyl sites for hydroxylation is 1. The molecule has 3 amide bonds. The molecule has 13 heteroatoms. The Morgan fingerprint density at radius 2 is 1.95 bits per heavy atom. The number of ether oxygens (including phenoxy) is 1. The summed E-state index contributed by atoms with van der Waals surface area (Å²) in [5.41, 5.74) is 0.258. The summed E-state index contributed by atoms with van der Waals surface area (Å²) in [6.45, 7) is 0.784. The largest absolute Gasteiger partial charge is 0.471 e. The van der Waals surface area contributed by atoms with E-state index in [9.17, 15) is 28.0 Å². The summed E-state index contributed by atoms with van der Waals surface area (Å²) in [4.78, 5) is 55.1. The Morgan fingerprint density at radius 1 is 1.21 bits per heavy atom. The SMILES string of the molecule is C.Cc1ccc(C(=O)N[C@H]2CC(=O)N(CCO)C2=O)cc1-n1cnc(OCc2ccc(F)cc2F)c(Cl)c1=O. The fourth-order valence-corrected chi connectivity index (χ4v) is 4.05. The van der Waals surface area contributed by atoms with Gasteiger partial charge in [-0.2, -0.15) is 0 Å². The first-order valence-electron chi connectivity index (χ1n) is 11.3. The molecule has 1 aliphatic rings. The Hall–Kier alpha value is -4.16.